The number of benzene rings is 4. The maximum absolute atomic E-state index is 9.35. The van der Waals surface area contributed by atoms with Crippen LogP contribution < -0.4 is 5.32 Å². The van der Waals surface area contributed by atoms with E-state index in [2.05, 4.69) is 76.9 Å². The van der Waals surface area contributed by atoms with Crippen molar-refractivity contribution in [2.75, 3.05) is 25.0 Å². The Morgan fingerprint density at radius 1 is 0.769 bits per heavy atom. The Morgan fingerprint density at radius 2 is 1.46 bits per heavy atom. The van der Waals surface area contributed by atoms with E-state index in [1.807, 2.05) is 30.3 Å². The zero-order valence-corrected chi connectivity index (χ0v) is 21.8. The van der Waals surface area contributed by atoms with E-state index in [9.17, 15) is 5.26 Å². The molecule has 1 saturated heterocycles. The van der Waals surface area contributed by atoms with Gasteiger partial charge in [-0.25, -0.2) is 9.97 Å². The molecule has 0 unspecified atom stereocenters. The number of fused-ring (bicyclic) bond motifs is 3. The number of likely N-dealkylation sites (tertiary alicyclic amines) is 1. The minimum atomic E-state index is 0.285. The van der Waals surface area contributed by atoms with E-state index in [1.54, 1.807) is 6.07 Å². The van der Waals surface area contributed by atoms with Gasteiger partial charge in [-0.05, 0) is 61.3 Å². The Kier molecular flexibility index (Phi) is 5.83. The highest BCUT2D eigenvalue weighted by Crippen LogP contribution is 2.44. The summed E-state index contributed by atoms with van der Waals surface area (Å²) in [6, 6.07) is 35.5. The van der Waals surface area contributed by atoms with Crippen LogP contribution in [0.5, 0.6) is 0 Å². The third-order valence-corrected chi connectivity index (χ3v) is 8.40. The molecule has 2 aliphatic rings. The molecule has 0 radical (unpaired) electrons. The molecule has 5 nitrogen and oxygen atoms in total. The lowest BCUT2D eigenvalue weighted by molar-refractivity contribution is 0.162. The summed E-state index contributed by atoms with van der Waals surface area (Å²) < 4.78 is 0. The summed E-state index contributed by atoms with van der Waals surface area (Å²) in [5.41, 5.74) is 10.3. The first kappa shape index (κ1) is 23.6. The number of piperidine rings is 1. The third kappa shape index (κ3) is 4.33. The molecule has 1 fully saturated rings. The first-order valence-electron chi connectivity index (χ1n) is 13.6. The van der Waals surface area contributed by atoms with Gasteiger partial charge in [0.2, 0.25) is 0 Å². The molecule has 0 aliphatic carbocycles. The average molecular weight is 508 g/mol. The van der Waals surface area contributed by atoms with Crippen molar-refractivity contribution in [2.24, 2.45) is 0 Å². The number of nitrogens with one attached hydrogen (secondary N) is 1. The van der Waals surface area contributed by atoms with Gasteiger partial charge in [0.25, 0.3) is 0 Å². The smallest absolute Gasteiger partial charge is 0.0992 e. The molecule has 4 aromatic carbocycles. The van der Waals surface area contributed by atoms with Crippen LogP contribution in [0, 0.1) is 11.3 Å². The van der Waals surface area contributed by atoms with Crippen molar-refractivity contribution in [3.05, 3.63) is 114 Å². The molecule has 39 heavy (non-hydrogen) atoms. The van der Waals surface area contributed by atoms with Crippen LogP contribution in [-0.4, -0.2) is 34.5 Å². The Balaban J connectivity index is 1.13. The molecule has 0 amide bonds. The largest absolute Gasteiger partial charge is 0.384 e. The maximum Gasteiger partial charge on any atom is 0.0992 e. The number of nitrogens with zero attached hydrogens (tertiary/aromatic N) is 4. The van der Waals surface area contributed by atoms with Crippen LogP contribution in [0.15, 0.2) is 97.1 Å². The van der Waals surface area contributed by atoms with E-state index in [0.717, 1.165) is 59.7 Å². The number of anilines is 1. The monoisotopic (exact) mass is 507 g/mol. The number of nitriles is 1. The van der Waals surface area contributed by atoms with Crippen molar-refractivity contribution in [1.29, 1.82) is 5.26 Å². The fraction of sp³-hybridized carbons (Fsp3) is 0.206. The molecule has 1 spiro atoms. The minimum absolute atomic E-state index is 0.285. The summed E-state index contributed by atoms with van der Waals surface area (Å²) >= 11 is 0. The van der Waals surface area contributed by atoms with Gasteiger partial charge in [0, 0.05) is 35.3 Å². The van der Waals surface area contributed by atoms with Crippen LogP contribution in [0.25, 0.3) is 33.5 Å². The lowest BCUT2D eigenvalue weighted by atomic mass is 9.74. The highest BCUT2D eigenvalue weighted by Gasteiger charge is 2.41. The van der Waals surface area contributed by atoms with Crippen LogP contribution in [-0.2, 0) is 12.0 Å². The number of aromatic nitrogens is 2. The van der Waals surface area contributed by atoms with Gasteiger partial charge in [-0.2, -0.15) is 5.26 Å². The number of hydrogen-bond donors (Lipinski definition) is 1. The summed E-state index contributed by atoms with van der Waals surface area (Å²) in [7, 11) is 0. The fourth-order valence-electron chi connectivity index (χ4n) is 6.19. The van der Waals surface area contributed by atoms with E-state index in [-0.39, 0.29) is 5.41 Å². The highest BCUT2D eigenvalue weighted by molar-refractivity contribution is 5.86. The molecule has 0 atom stereocenters. The Bertz CT molecular complexity index is 1690. The summed E-state index contributed by atoms with van der Waals surface area (Å²) in [6.07, 6.45) is 2.38. The molecule has 7 rings (SSSR count). The van der Waals surface area contributed by atoms with Crippen LogP contribution in [0.3, 0.4) is 0 Å². The summed E-state index contributed by atoms with van der Waals surface area (Å²) in [6.45, 7) is 4.23. The number of rotatable bonds is 4. The lowest BCUT2D eigenvalue weighted by Crippen LogP contribution is -2.43. The fourth-order valence-corrected chi connectivity index (χ4v) is 6.19. The number of hydrogen-bond acceptors (Lipinski definition) is 5. The highest BCUT2D eigenvalue weighted by atomic mass is 15.1. The first-order valence-corrected chi connectivity index (χ1v) is 13.6. The molecule has 5 heteroatoms. The van der Waals surface area contributed by atoms with E-state index < -0.39 is 0 Å². The second kappa shape index (κ2) is 9.65. The zero-order valence-electron chi connectivity index (χ0n) is 21.8. The van der Waals surface area contributed by atoms with Gasteiger partial charge in [-0.1, -0.05) is 72.8 Å². The van der Waals surface area contributed by atoms with Gasteiger partial charge in [-0.3, -0.25) is 4.90 Å². The lowest BCUT2D eigenvalue weighted by Gasteiger charge is -2.39. The molecule has 1 aromatic heterocycles. The summed E-state index contributed by atoms with van der Waals surface area (Å²) in [4.78, 5) is 12.6. The van der Waals surface area contributed by atoms with E-state index in [0.29, 0.717) is 5.56 Å². The molecular formula is C34H29N5. The molecule has 0 bridgehead atoms. The van der Waals surface area contributed by atoms with Gasteiger partial charge in [-0.15, -0.1) is 0 Å². The minimum Gasteiger partial charge on any atom is -0.384 e. The van der Waals surface area contributed by atoms with Crippen LogP contribution in [0.2, 0.25) is 0 Å². The second-order valence-electron chi connectivity index (χ2n) is 10.8. The third-order valence-electron chi connectivity index (χ3n) is 8.40. The van der Waals surface area contributed by atoms with Crippen LogP contribution in [0.1, 0.15) is 29.5 Å². The molecule has 3 heterocycles. The quantitative estimate of drug-likeness (QED) is 0.290. The van der Waals surface area contributed by atoms with Crippen molar-refractivity contribution in [2.45, 2.75) is 24.8 Å². The van der Waals surface area contributed by atoms with Gasteiger partial charge >= 0.3 is 0 Å². The Hall–Kier alpha value is -4.53. The van der Waals surface area contributed by atoms with Gasteiger partial charge in [0.05, 0.1) is 34.1 Å². The SMILES string of the molecule is N#Cc1ccc2nc(-c3ccc(CN4CCC5(CC4)CNc4ccccc45)cc3)c(-c3ccccc3)nc2c1. The van der Waals surface area contributed by atoms with Crippen molar-refractivity contribution in [3.8, 4) is 28.6 Å². The average Bonchev–Trinajstić information content (AvgIpc) is 3.36. The van der Waals surface area contributed by atoms with Crippen LogP contribution in [0.4, 0.5) is 5.69 Å². The second-order valence-corrected chi connectivity index (χ2v) is 10.8. The van der Waals surface area contributed by atoms with Gasteiger partial charge < -0.3 is 5.32 Å². The topological polar surface area (TPSA) is 64.8 Å². The zero-order chi connectivity index (χ0) is 26.2. The summed E-state index contributed by atoms with van der Waals surface area (Å²) in [5, 5.41) is 13.0. The predicted molar refractivity (Wildman–Crippen MR) is 156 cm³/mol. The molecule has 2 aliphatic heterocycles. The van der Waals surface area contributed by atoms with Gasteiger partial charge in [0.15, 0.2) is 0 Å². The first-order chi connectivity index (χ1) is 19.2. The van der Waals surface area contributed by atoms with E-state index in [4.69, 9.17) is 9.97 Å². The Morgan fingerprint density at radius 3 is 2.23 bits per heavy atom. The number of para-hydroxylation sites is 1. The van der Waals surface area contributed by atoms with Crippen molar-refractivity contribution in [1.82, 2.24) is 14.9 Å². The normalized spacial score (nSPS) is 16.1. The molecule has 190 valence electrons. The van der Waals surface area contributed by atoms with Crippen molar-refractivity contribution < 1.29 is 0 Å². The molecular weight excluding hydrogens is 478 g/mol. The standard InChI is InChI=1S/C34H29N5/c35-21-25-12-15-30-31(20-25)38-32(26-6-2-1-3-7-26)33(37-30)27-13-10-24(11-14-27)22-39-18-16-34(17-19-39)23-36-29-9-5-4-8-28(29)34/h1-15,20,36H,16-19,22-23H2. The van der Waals surface area contributed by atoms with Crippen molar-refractivity contribution in [3.63, 3.8) is 0 Å². The van der Waals surface area contributed by atoms with E-state index in [1.165, 1.54) is 29.7 Å². The van der Waals surface area contributed by atoms with Crippen LogP contribution >= 0.6 is 0 Å². The molecule has 5 aromatic rings. The van der Waals surface area contributed by atoms with Crippen molar-refractivity contribution >= 4 is 16.7 Å². The maximum atomic E-state index is 9.35. The molecule has 0 saturated carbocycles. The van der Waals surface area contributed by atoms with E-state index >= 15 is 0 Å². The predicted octanol–water partition coefficient (Wildman–Crippen LogP) is 6.79. The van der Waals surface area contributed by atoms with Gasteiger partial charge in [0.1, 0.15) is 0 Å². The summed E-state index contributed by atoms with van der Waals surface area (Å²) in [5.74, 6) is 0. The Labute approximate surface area is 228 Å². The molecule has 1 N–H and O–H groups in total.